The van der Waals surface area contributed by atoms with Gasteiger partial charge in [-0.05, 0) is 47.5 Å². The van der Waals surface area contributed by atoms with E-state index < -0.39 is 5.97 Å². The van der Waals surface area contributed by atoms with Gasteiger partial charge in [-0.3, -0.25) is 0 Å². The fraction of sp³-hybridized carbons (Fsp3) is 0.929. The van der Waals surface area contributed by atoms with Gasteiger partial charge in [-0.1, -0.05) is 19.8 Å². The van der Waals surface area contributed by atoms with E-state index >= 15 is 0 Å². The fourth-order valence-corrected chi connectivity index (χ4v) is 2.00. The minimum Gasteiger partial charge on any atom is -0.550 e. The van der Waals surface area contributed by atoms with Gasteiger partial charge in [0.1, 0.15) is 0 Å². The molecule has 0 radical (unpaired) electrons. The number of carboxylic acid groups (broad SMARTS) is 1. The molecular formula is C14H31NO2. The Morgan fingerprint density at radius 3 is 1.71 bits per heavy atom. The van der Waals surface area contributed by atoms with Gasteiger partial charge >= 0.3 is 0 Å². The van der Waals surface area contributed by atoms with Gasteiger partial charge in [0.2, 0.25) is 0 Å². The van der Waals surface area contributed by atoms with Crippen LogP contribution in [-0.2, 0) is 4.79 Å². The average molecular weight is 245 g/mol. The summed E-state index contributed by atoms with van der Waals surface area (Å²) >= 11 is 0. The van der Waals surface area contributed by atoms with E-state index in [9.17, 15) is 9.90 Å². The van der Waals surface area contributed by atoms with E-state index in [0.29, 0.717) is 0 Å². The van der Waals surface area contributed by atoms with Gasteiger partial charge in [0, 0.05) is 5.97 Å². The van der Waals surface area contributed by atoms with Crippen LogP contribution < -0.4 is 10.0 Å². The van der Waals surface area contributed by atoms with E-state index in [0.717, 1.165) is 31.3 Å². The molecule has 104 valence electrons. The van der Waals surface area contributed by atoms with Crippen LogP contribution in [0.25, 0.3) is 0 Å². The molecule has 0 rings (SSSR count). The standard InChI is InChI=1S/C8H19N.C6H12O2/c1-6-9(7(2)3)8(4)5;1-2-3-4-5-6(7)8/h7-8H,6H2,1-5H3;2-5H2,1H3,(H,7,8). The van der Waals surface area contributed by atoms with Crippen LogP contribution >= 0.6 is 0 Å². The lowest BCUT2D eigenvalue weighted by Gasteiger charge is -2.25. The number of aliphatic carboxylic acids is 1. The summed E-state index contributed by atoms with van der Waals surface area (Å²) in [6.07, 6.45) is 3.04. The minimum atomic E-state index is -0.932. The Kier molecular flexibility index (Phi) is 13.2. The van der Waals surface area contributed by atoms with Gasteiger partial charge in [0.05, 0.1) is 18.6 Å². The van der Waals surface area contributed by atoms with Crippen LogP contribution in [0.15, 0.2) is 0 Å². The SMILES string of the molecule is CCCCCC(=O)[O-].CC[NH+](C(C)C)C(C)C. The molecule has 0 unspecified atom stereocenters. The van der Waals surface area contributed by atoms with E-state index in [1.165, 1.54) is 6.54 Å². The molecule has 0 fully saturated rings. The topological polar surface area (TPSA) is 44.6 Å². The fourth-order valence-electron chi connectivity index (χ4n) is 2.00. The first-order valence-electron chi connectivity index (χ1n) is 6.92. The van der Waals surface area contributed by atoms with E-state index in [4.69, 9.17) is 0 Å². The summed E-state index contributed by atoms with van der Waals surface area (Å²) in [5.74, 6) is -0.932. The van der Waals surface area contributed by atoms with Crippen LogP contribution in [0.2, 0.25) is 0 Å². The molecule has 0 spiro atoms. The van der Waals surface area contributed by atoms with Crippen molar-refractivity contribution >= 4 is 5.97 Å². The van der Waals surface area contributed by atoms with Crippen molar-refractivity contribution in [1.82, 2.24) is 0 Å². The Morgan fingerprint density at radius 2 is 1.53 bits per heavy atom. The van der Waals surface area contributed by atoms with Crippen molar-refractivity contribution in [3.63, 3.8) is 0 Å². The lowest BCUT2D eigenvalue weighted by Crippen LogP contribution is -3.17. The molecule has 1 N–H and O–H groups in total. The second-order valence-corrected chi connectivity index (χ2v) is 5.07. The summed E-state index contributed by atoms with van der Waals surface area (Å²) in [6.45, 7) is 14.6. The normalized spacial score (nSPS) is 10.6. The molecular weight excluding hydrogens is 214 g/mol. The van der Waals surface area contributed by atoms with Crippen LogP contribution in [0.4, 0.5) is 0 Å². The zero-order chi connectivity index (χ0) is 13.8. The molecule has 0 bridgehead atoms. The molecule has 0 saturated heterocycles. The molecule has 0 heterocycles. The summed E-state index contributed by atoms with van der Waals surface area (Å²) in [7, 11) is 0. The molecule has 0 saturated carbocycles. The van der Waals surface area contributed by atoms with Gasteiger partial charge in [-0.25, -0.2) is 0 Å². The maximum Gasteiger partial charge on any atom is 0.0819 e. The van der Waals surface area contributed by atoms with E-state index in [1.54, 1.807) is 4.90 Å². The zero-order valence-electron chi connectivity index (χ0n) is 12.5. The molecule has 0 aromatic rings. The highest BCUT2D eigenvalue weighted by atomic mass is 16.4. The first kappa shape index (κ1) is 18.8. The predicted molar refractivity (Wildman–Crippen MR) is 70.9 cm³/mol. The highest BCUT2D eigenvalue weighted by Crippen LogP contribution is 1.96. The summed E-state index contributed by atoms with van der Waals surface area (Å²) in [5.41, 5.74) is 0. The summed E-state index contributed by atoms with van der Waals surface area (Å²) in [6, 6.07) is 1.55. The molecule has 3 heteroatoms. The molecule has 0 atom stereocenters. The number of carbonyl (C=O) groups is 1. The molecule has 0 aliphatic rings. The maximum atomic E-state index is 9.76. The van der Waals surface area contributed by atoms with Gasteiger partial charge in [-0.15, -0.1) is 0 Å². The van der Waals surface area contributed by atoms with Gasteiger partial charge < -0.3 is 14.8 Å². The lowest BCUT2D eigenvalue weighted by atomic mass is 10.2. The second kappa shape index (κ2) is 11.9. The number of carbonyl (C=O) groups excluding carboxylic acids is 1. The Bertz CT molecular complexity index is 171. The number of rotatable bonds is 7. The van der Waals surface area contributed by atoms with Crippen molar-refractivity contribution in [3.05, 3.63) is 0 Å². The van der Waals surface area contributed by atoms with Crippen LogP contribution in [0.3, 0.4) is 0 Å². The van der Waals surface area contributed by atoms with Crippen molar-refractivity contribution in [1.29, 1.82) is 0 Å². The number of unbranched alkanes of at least 4 members (excludes halogenated alkanes) is 2. The Labute approximate surface area is 107 Å². The molecule has 0 aliphatic carbocycles. The van der Waals surface area contributed by atoms with E-state index in [2.05, 4.69) is 34.6 Å². The second-order valence-electron chi connectivity index (χ2n) is 5.07. The van der Waals surface area contributed by atoms with Crippen LogP contribution in [0.1, 0.15) is 67.2 Å². The largest absolute Gasteiger partial charge is 0.550 e. The number of hydrogen-bond donors (Lipinski definition) is 1. The minimum absolute atomic E-state index is 0.216. The first-order valence-corrected chi connectivity index (χ1v) is 6.92. The third-order valence-electron chi connectivity index (χ3n) is 2.88. The smallest absolute Gasteiger partial charge is 0.0819 e. The van der Waals surface area contributed by atoms with Crippen LogP contribution in [0.5, 0.6) is 0 Å². The summed E-state index contributed by atoms with van der Waals surface area (Å²) in [4.78, 5) is 11.5. The monoisotopic (exact) mass is 245 g/mol. The highest BCUT2D eigenvalue weighted by molar-refractivity contribution is 5.63. The Hall–Kier alpha value is -0.570. The van der Waals surface area contributed by atoms with Crippen LogP contribution in [-0.4, -0.2) is 24.6 Å². The van der Waals surface area contributed by atoms with E-state index in [1.807, 2.05) is 6.92 Å². The van der Waals surface area contributed by atoms with E-state index in [-0.39, 0.29) is 6.42 Å². The molecule has 0 amide bonds. The van der Waals surface area contributed by atoms with Crippen molar-refractivity contribution < 1.29 is 14.8 Å². The lowest BCUT2D eigenvalue weighted by molar-refractivity contribution is -0.940. The predicted octanol–water partition coefficient (Wildman–Crippen LogP) is 1.02. The molecule has 0 aromatic carbocycles. The zero-order valence-corrected chi connectivity index (χ0v) is 12.5. The van der Waals surface area contributed by atoms with Crippen molar-refractivity contribution in [2.24, 2.45) is 0 Å². The van der Waals surface area contributed by atoms with Crippen LogP contribution in [0, 0.1) is 0 Å². The molecule has 0 aromatic heterocycles. The summed E-state index contributed by atoms with van der Waals surface area (Å²) in [5, 5.41) is 9.76. The quantitative estimate of drug-likeness (QED) is 0.681. The third-order valence-corrected chi connectivity index (χ3v) is 2.88. The highest BCUT2D eigenvalue weighted by Gasteiger charge is 2.12. The molecule has 0 aliphatic heterocycles. The number of hydrogen-bond acceptors (Lipinski definition) is 2. The number of carboxylic acids is 1. The first-order chi connectivity index (χ1) is 7.86. The van der Waals surface area contributed by atoms with Gasteiger partial charge in [0.15, 0.2) is 0 Å². The van der Waals surface area contributed by atoms with Crippen molar-refractivity contribution in [3.8, 4) is 0 Å². The number of quaternary nitrogens is 1. The Morgan fingerprint density at radius 1 is 1.06 bits per heavy atom. The molecule has 3 nitrogen and oxygen atoms in total. The van der Waals surface area contributed by atoms with Gasteiger partial charge in [-0.2, -0.15) is 0 Å². The summed E-state index contributed by atoms with van der Waals surface area (Å²) < 4.78 is 0. The maximum absolute atomic E-state index is 9.76. The van der Waals surface area contributed by atoms with Crippen molar-refractivity contribution in [2.75, 3.05) is 6.54 Å². The number of nitrogens with one attached hydrogen (secondary N) is 1. The Balaban J connectivity index is 0. The third kappa shape index (κ3) is 13.4. The van der Waals surface area contributed by atoms with Crippen molar-refractivity contribution in [2.45, 2.75) is 79.3 Å². The molecule has 17 heavy (non-hydrogen) atoms. The van der Waals surface area contributed by atoms with Gasteiger partial charge in [0.25, 0.3) is 0 Å². The average Bonchev–Trinajstić information content (AvgIpc) is 2.18.